The molecule has 1 heteroatoms. The maximum Gasteiger partial charge on any atom is 0.0114 e. The highest BCUT2D eigenvalue weighted by Crippen LogP contribution is 2.48. The van der Waals surface area contributed by atoms with Crippen LogP contribution in [0.1, 0.15) is 34.6 Å². The summed E-state index contributed by atoms with van der Waals surface area (Å²) >= 11 is 0. The van der Waals surface area contributed by atoms with Gasteiger partial charge in [0, 0.05) is 5.92 Å². The predicted octanol–water partition coefficient (Wildman–Crippen LogP) is 3.76. The Kier molecular flexibility index (Phi) is 2.71. The van der Waals surface area contributed by atoms with Crippen LogP contribution in [-0.2, 0) is 0 Å². The van der Waals surface area contributed by atoms with Crippen LogP contribution < -0.4 is 5.73 Å². The third-order valence-electron chi connectivity index (χ3n) is 4.07. The molecule has 0 radical (unpaired) electrons. The van der Waals surface area contributed by atoms with Crippen LogP contribution in [0.25, 0.3) is 11.1 Å². The maximum atomic E-state index is 5.80. The molecule has 92 valence electrons. The Bertz CT molecular complexity index is 547. The molecule has 2 aromatic carbocycles. The number of rotatable bonds is 2. The van der Waals surface area contributed by atoms with Crippen LogP contribution in [0, 0.1) is 13.8 Å². The summed E-state index contributed by atoms with van der Waals surface area (Å²) in [5.74, 6) is 0.486. The Labute approximate surface area is 109 Å². The summed E-state index contributed by atoms with van der Waals surface area (Å²) in [5.41, 5.74) is 14.4. The van der Waals surface area contributed by atoms with Crippen molar-refractivity contribution in [2.75, 3.05) is 6.54 Å². The highest BCUT2D eigenvalue weighted by Gasteiger charge is 2.29. The molecule has 0 heterocycles. The van der Waals surface area contributed by atoms with E-state index in [1.54, 1.807) is 0 Å². The standard InChI is InChI=1S/C17H19N/c1-11-5-3-7-14-13(9-10-18)15-8-4-6-12(2)17(15)16(11)14/h3-8,13H,9-10,18H2,1-2H3. The summed E-state index contributed by atoms with van der Waals surface area (Å²) in [4.78, 5) is 0. The van der Waals surface area contributed by atoms with Crippen molar-refractivity contribution in [3.63, 3.8) is 0 Å². The second-order valence-electron chi connectivity index (χ2n) is 5.21. The summed E-state index contributed by atoms with van der Waals surface area (Å²) in [6, 6.07) is 13.3. The fourth-order valence-electron chi connectivity index (χ4n) is 3.29. The Balaban J connectivity index is 2.31. The molecule has 2 aromatic rings. The van der Waals surface area contributed by atoms with Crippen molar-refractivity contribution >= 4 is 0 Å². The number of nitrogens with two attached hydrogens (primary N) is 1. The van der Waals surface area contributed by atoms with Crippen molar-refractivity contribution in [1.29, 1.82) is 0 Å². The molecule has 2 N–H and O–H groups in total. The van der Waals surface area contributed by atoms with E-state index >= 15 is 0 Å². The van der Waals surface area contributed by atoms with Gasteiger partial charge in [0.15, 0.2) is 0 Å². The van der Waals surface area contributed by atoms with Gasteiger partial charge in [-0.15, -0.1) is 0 Å². The topological polar surface area (TPSA) is 26.0 Å². The van der Waals surface area contributed by atoms with E-state index in [-0.39, 0.29) is 0 Å². The minimum Gasteiger partial charge on any atom is -0.330 e. The first-order chi connectivity index (χ1) is 8.74. The van der Waals surface area contributed by atoms with E-state index in [1.807, 2.05) is 0 Å². The van der Waals surface area contributed by atoms with E-state index in [2.05, 4.69) is 50.2 Å². The van der Waals surface area contributed by atoms with Crippen LogP contribution in [0.4, 0.5) is 0 Å². The van der Waals surface area contributed by atoms with Crippen LogP contribution in [0.15, 0.2) is 36.4 Å². The van der Waals surface area contributed by atoms with Crippen molar-refractivity contribution in [2.45, 2.75) is 26.2 Å². The number of benzene rings is 2. The zero-order chi connectivity index (χ0) is 12.7. The Hall–Kier alpha value is -1.60. The first-order valence-electron chi connectivity index (χ1n) is 6.63. The minimum atomic E-state index is 0.486. The van der Waals surface area contributed by atoms with Crippen molar-refractivity contribution < 1.29 is 0 Å². The molecule has 1 aliphatic carbocycles. The smallest absolute Gasteiger partial charge is 0.0114 e. The summed E-state index contributed by atoms with van der Waals surface area (Å²) in [6.45, 7) is 5.16. The van der Waals surface area contributed by atoms with E-state index in [0.29, 0.717) is 5.92 Å². The summed E-state index contributed by atoms with van der Waals surface area (Å²) in [7, 11) is 0. The fraction of sp³-hybridized carbons (Fsp3) is 0.294. The molecule has 0 atom stereocenters. The van der Waals surface area contributed by atoms with Gasteiger partial charge >= 0.3 is 0 Å². The fourth-order valence-corrected chi connectivity index (χ4v) is 3.29. The van der Waals surface area contributed by atoms with Crippen LogP contribution in [0.2, 0.25) is 0 Å². The summed E-state index contributed by atoms with van der Waals surface area (Å²) < 4.78 is 0. The molecule has 0 amide bonds. The number of fused-ring (bicyclic) bond motifs is 3. The molecule has 0 saturated heterocycles. The molecule has 0 aromatic heterocycles. The monoisotopic (exact) mass is 237 g/mol. The number of aryl methyl sites for hydroxylation is 2. The molecule has 1 aliphatic rings. The second kappa shape index (κ2) is 4.25. The molecule has 0 saturated carbocycles. The Morgan fingerprint density at radius 1 is 0.889 bits per heavy atom. The SMILES string of the molecule is Cc1cccc2c1-c1c(C)cccc1C2CCN. The number of hydrogen-bond acceptors (Lipinski definition) is 1. The zero-order valence-electron chi connectivity index (χ0n) is 11.0. The minimum absolute atomic E-state index is 0.486. The van der Waals surface area contributed by atoms with Crippen LogP contribution >= 0.6 is 0 Å². The van der Waals surface area contributed by atoms with Gasteiger partial charge in [0.2, 0.25) is 0 Å². The lowest BCUT2D eigenvalue weighted by Gasteiger charge is -2.12. The molecule has 0 spiro atoms. The lowest BCUT2D eigenvalue weighted by molar-refractivity contribution is 0.740. The molecular formula is C17H19N. The van der Waals surface area contributed by atoms with Crippen LogP contribution in [-0.4, -0.2) is 6.54 Å². The second-order valence-corrected chi connectivity index (χ2v) is 5.21. The van der Waals surface area contributed by atoms with Gasteiger partial charge in [-0.05, 0) is 60.2 Å². The Morgan fingerprint density at radius 2 is 1.39 bits per heavy atom. The average Bonchev–Trinajstić information content (AvgIpc) is 2.68. The van der Waals surface area contributed by atoms with Gasteiger partial charge in [0.05, 0.1) is 0 Å². The van der Waals surface area contributed by atoms with Crippen molar-refractivity contribution in [1.82, 2.24) is 0 Å². The third-order valence-corrected chi connectivity index (χ3v) is 4.07. The molecule has 3 rings (SSSR count). The van der Waals surface area contributed by atoms with Gasteiger partial charge in [-0.3, -0.25) is 0 Å². The van der Waals surface area contributed by atoms with Gasteiger partial charge in [-0.1, -0.05) is 36.4 Å². The molecule has 18 heavy (non-hydrogen) atoms. The first kappa shape index (κ1) is 11.5. The van der Waals surface area contributed by atoms with Crippen molar-refractivity contribution in [3.05, 3.63) is 58.7 Å². The van der Waals surface area contributed by atoms with Gasteiger partial charge < -0.3 is 5.73 Å². The van der Waals surface area contributed by atoms with Crippen LogP contribution in [0.3, 0.4) is 0 Å². The molecule has 0 fully saturated rings. The quantitative estimate of drug-likeness (QED) is 0.845. The molecular weight excluding hydrogens is 218 g/mol. The van der Waals surface area contributed by atoms with E-state index in [9.17, 15) is 0 Å². The normalized spacial score (nSPS) is 13.5. The third kappa shape index (κ3) is 1.51. The highest BCUT2D eigenvalue weighted by molar-refractivity contribution is 5.83. The Morgan fingerprint density at radius 3 is 1.83 bits per heavy atom. The zero-order valence-corrected chi connectivity index (χ0v) is 11.0. The van der Waals surface area contributed by atoms with Gasteiger partial charge in [0.25, 0.3) is 0 Å². The lowest BCUT2D eigenvalue weighted by atomic mass is 9.93. The largest absolute Gasteiger partial charge is 0.330 e. The maximum absolute atomic E-state index is 5.80. The van der Waals surface area contributed by atoms with E-state index in [0.717, 1.165) is 13.0 Å². The van der Waals surface area contributed by atoms with Crippen molar-refractivity contribution in [2.24, 2.45) is 5.73 Å². The number of hydrogen-bond donors (Lipinski definition) is 1. The van der Waals surface area contributed by atoms with E-state index in [4.69, 9.17) is 5.73 Å². The molecule has 1 nitrogen and oxygen atoms in total. The summed E-state index contributed by atoms with van der Waals surface area (Å²) in [6.07, 6.45) is 1.03. The lowest BCUT2D eigenvalue weighted by Crippen LogP contribution is -2.06. The molecule has 0 aliphatic heterocycles. The highest BCUT2D eigenvalue weighted by atomic mass is 14.5. The summed E-state index contributed by atoms with van der Waals surface area (Å²) in [5, 5.41) is 0. The van der Waals surface area contributed by atoms with E-state index in [1.165, 1.54) is 33.4 Å². The van der Waals surface area contributed by atoms with Gasteiger partial charge in [-0.25, -0.2) is 0 Å². The van der Waals surface area contributed by atoms with Gasteiger partial charge in [0.1, 0.15) is 0 Å². The van der Waals surface area contributed by atoms with Gasteiger partial charge in [-0.2, -0.15) is 0 Å². The average molecular weight is 237 g/mol. The van der Waals surface area contributed by atoms with Crippen molar-refractivity contribution in [3.8, 4) is 11.1 Å². The van der Waals surface area contributed by atoms with Crippen LogP contribution in [0.5, 0.6) is 0 Å². The first-order valence-corrected chi connectivity index (χ1v) is 6.63. The molecule has 0 bridgehead atoms. The van der Waals surface area contributed by atoms with E-state index < -0.39 is 0 Å². The molecule has 0 unspecified atom stereocenters. The predicted molar refractivity (Wildman–Crippen MR) is 76.9 cm³/mol.